The molecule has 2 aliphatic heterocycles. The maximum absolute atomic E-state index is 11.9. The molecule has 1 N–H and O–H groups in total. The second-order valence-electron chi connectivity index (χ2n) is 4.08. The largest absolute Gasteiger partial charge is 1.00 e. The molecule has 2 rings (SSSR count). The van der Waals surface area contributed by atoms with Crippen LogP contribution in [0.1, 0.15) is 0 Å². The molecule has 1 amide bonds. The smallest absolute Gasteiger partial charge is 0.660 e. The number of amides is 1. The van der Waals surface area contributed by atoms with E-state index in [1.807, 2.05) is 4.90 Å². The first-order valence-electron chi connectivity index (χ1n) is 5.70. The Morgan fingerprint density at radius 2 is 1.75 bits per heavy atom. The Balaban J connectivity index is 0.00000128. The molecule has 0 saturated carbocycles. The monoisotopic (exact) mass is 218 g/mol. The average Bonchev–Trinajstić information content (AvgIpc) is 2.31. The second kappa shape index (κ2) is 7.31. The fraction of sp³-hybridized carbons (Fsp3) is 0.900. The minimum atomic E-state index is 0. The zero-order valence-electron chi connectivity index (χ0n) is 10.1. The van der Waals surface area contributed by atoms with E-state index in [1.165, 1.54) is 0 Å². The molecule has 0 unspecified atom stereocenters. The molecule has 0 atom stereocenters. The first-order chi connectivity index (χ1) is 7.36. The van der Waals surface area contributed by atoms with Crippen LogP contribution < -0.4 is 24.2 Å². The van der Waals surface area contributed by atoms with Crippen LogP contribution in [0.2, 0.25) is 0 Å². The van der Waals surface area contributed by atoms with E-state index >= 15 is 0 Å². The standard InChI is InChI=1S/C10H19N4O.Li/c15-10(14-7-3-12-4-8-14)9-13-5-1-11-2-6-13;/h12H,1-9H2;/q-1;+1. The van der Waals surface area contributed by atoms with Gasteiger partial charge in [-0.15, -0.1) is 13.1 Å². The van der Waals surface area contributed by atoms with Gasteiger partial charge in [-0.25, -0.2) is 0 Å². The predicted octanol–water partition coefficient (Wildman–Crippen LogP) is -3.89. The van der Waals surface area contributed by atoms with E-state index in [0.29, 0.717) is 6.54 Å². The normalized spacial score (nSPS) is 22.6. The fourth-order valence-electron chi connectivity index (χ4n) is 2.01. The summed E-state index contributed by atoms with van der Waals surface area (Å²) in [6, 6.07) is 0. The molecule has 2 heterocycles. The molecular weight excluding hydrogens is 199 g/mol. The van der Waals surface area contributed by atoms with Gasteiger partial charge in [-0.05, 0) is 13.1 Å². The van der Waals surface area contributed by atoms with E-state index in [-0.39, 0.29) is 24.8 Å². The molecule has 86 valence electrons. The first kappa shape index (κ1) is 14.0. The first-order valence-corrected chi connectivity index (χ1v) is 5.70. The van der Waals surface area contributed by atoms with Crippen molar-refractivity contribution in [2.75, 3.05) is 58.9 Å². The molecule has 2 aliphatic rings. The summed E-state index contributed by atoms with van der Waals surface area (Å²) in [4.78, 5) is 16.1. The van der Waals surface area contributed by atoms with Crippen molar-refractivity contribution in [3.8, 4) is 0 Å². The van der Waals surface area contributed by atoms with Gasteiger partial charge in [-0.2, -0.15) is 0 Å². The van der Waals surface area contributed by atoms with Crippen molar-refractivity contribution < 1.29 is 23.7 Å². The van der Waals surface area contributed by atoms with E-state index < -0.39 is 0 Å². The van der Waals surface area contributed by atoms with Crippen LogP contribution in [-0.2, 0) is 4.79 Å². The number of hydrogen-bond acceptors (Lipinski definition) is 3. The topological polar surface area (TPSA) is 49.7 Å². The van der Waals surface area contributed by atoms with E-state index in [0.717, 1.165) is 52.4 Å². The summed E-state index contributed by atoms with van der Waals surface area (Å²) in [6.45, 7) is 7.81. The van der Waals surface area contributed by atoms with E-state index in [2.05, 4.69) is 15.5 Å². The molecule has 0 spiro atoms. The van der Waals surface area contributed by atoms with Crippen molar-refractivity contribution in [3.05, 3.63) is 5.32 Å². The summed E-state index contributed by atoms with van der Waals surface area (Å²) in [5.74, 6) is 0.276. The molecule has 2 fully saturated rings. The molecule has 2 saturated heterocycles. The minimum absolute atomic E-state index is 0. The van der Waals surface area contributed by atoms with Crippen LogP contribution in [0.15, 0.2) is 0 Å². The van der Waals surface area contributed by atoms with E-state index in [9.17, 15) is 4.79 Å². The van der Waals surface area contributed by atoms with Crippen molar-refractivity contribution in [3.63, 3.8) is 0 Å². The van der Waals surface area contributed by atoms with Gasteiger partial charge in [0.25, 0.3) is 0 Å². The van der Waals surface area contributed by atoms with Crippen LogP contribution in [-0.4, -0.2) is 74.6 Å². The third-order valence-corrected chi connectivity index (χ3v) is 2.98. The SMILES string of the molecule is O=C(CN1CC[N-]CC1)N1CCNCC1.[Li+]. The Hall–Kier alpha value is -0.0526. The molecule has 16 heavy (non-hydrogen) atoms. The number of rotatable bonds is 2. The Morgan fingerprint density at radius 1 is 1.12 bits per heavy atom. The molecular formula is C10H19LiN4O. The third-order valence-electron chi connectivity index (χ3n) is 2.98. The van der Waals surface area contributed by atoms with Crippen LogP contribution >= 0.6 is 0 Å². The van der Waals surface area contributed by atoms with Crippen molar-refractivity contribution in [2.24, 2.45) is 0 Å². The minimum Gasteiger partial charge on any atom is -0.660 e. The fourth-order valence-corrected chi connectivity index (χ4v) is 2.01. The van der Waals surface area contributed by atoms with Gasteiger partial charge >= 0.3 is 18.9 Å². The van der Waals surface area contributed by atoms with Gasteiger partial charge in [0.15, 0.2) is 0 Å². The Bertz CT molecular complexity index is 215. The van der Waals surface area contributed by atoms with Crippen LogP contribution in [0.5, 0.6) is 0 Å². The summed E-state index contributed by atoms with van der Waals surface area (Å²) < 4.78 is 0. The maximum atomic E-state index is 11.9. The molecule has 0 aromatic carbocycles. The second-order valence-corrected chi connectivity index (χ2v) is 4.08. The van der Waals surface area contributed by atoms with E-state index in [4.69, 9.17) is 0 Å². The number of hydrogen-bond donors (Lipinski definition) is 1. The van der Waals surface area contributed by atoms with Gasteiger partial charge < -0.3 is 15.5 Å². The zero-order valence-corrected chi connectivity index (χ0v) is 10.1. The van der Waals surface area contributed by atoms with Crippen molar-refractivity contribution in [1.29, 1.82) is 0 Å². The Morgan fingerprint density at radius 3 is 2.38 bits per heavy atom. The number of carbonyl (C=O) groups excluding carboxylic acids is 1. The molecule has 6 heteroatoms. The van der Waals surface area contributed by atoms with Crippen LogP contribution in [0.4, 0.5) is 0 Å². The van der Waals surface area contributed by atoms with Gasteiger partial charge in [0.2, 0.25) is 5.91 Å². The zero-order chi connectivity index (χ0) is 10.5. The molecule has 0 radical (unpaired) electrons. The summed E-state index contributed by atoms with van der Waals surface area (Å²) >= 11 is 0. The van der Waals surface area contributed by atoms with Crippen molar-refractivity contribution in [1.82, 2.24) is 15.1 Å². The van der Waals surface area contributed by atoms with Crippen molar-refractivity contribution >= 4 is 5.91 Å². The van der Waals surface area contributed by atoms with Crippen LogP contribution in [0.25, 0.3) is 5.32 Å². The number of carbonyl (C=O) groups is 1. The van der Waals surface area contributed by atoms with Gasteiger partial charge in [0, 0.05) is 26.2 Å². The van der Waals surface area contributed by atoms with Crippen LogP contribution in [0, 0.1) is 0 Å². The maximum Gasteiger partial charge on any atom is 1.00 e. The Labute approximate surface area is 109 Å². The third kappa shape index (κ3) is 4.08. The van der Waals surface area contributed by atoms with E-state index in [1.54, 1.807) is 0 Å². The van der Waals surface area contributed by atoms with Gasteiger partial charge in [0.1, 0.15) is 0 Å². The molecule has 5 nitrogen and oxygen atoms in total. The molecule has 0 aromatic rings. The van der Waals surface area contributed by atoms with Gasteiger partial charge in [-0.3, -0.25) is 9.69 Å². The Kier molecular flexibility index (Phi) is 6.40. The summed E-state index contributed by atoms with van der Waals surface area (Å²) in [6.07, 6.45) is 0. The quantitative estimate of drug-likeness (QED) is 0.482. The summed E-state index contributed by atoms with van der Waals surface area (Å²) in [5, 5.41) is 7.52. The van der Waals surface area contributed by atoms with Crippen LogP contribution in [0.3, 0.4) is 0 Å². The van der Waals surface area contributed by atoms with Gasteiger partial charge in [0.05, 0.1) is 6.54 Å². The number of nitrogens with zero attached hydrogens (tertiary/aromatic N) is 3. The van der Waals surface area contributed by atoms with Crippen molar-refractivity contribution in [2.45, 2.75) is 0 Å². The molecule has 0 aromatic heterocycles. The summed E-state index contributed by atoms with van der Waals surface area (Å²) in [7, 11) is 0. The predicted molar refractivity (Wildman–Crippen MR) is 59.0 cm³/mol. The van der Waals surface area contributed by atoms with Gasteiger partial charge in [-0.1, -0.05) is 0 Å². The number of piperazine rings is 2. The molecule has 0 aliphatic carbocycles. The average molecular weight is 218 g/mol. The number of nitrogens with one attached hydrogen (secondary N) is 1. The summed E-state index contributed by atoms with van der Waals surface area (Å²) in [5.41, 5.74) is 0. The molecule has 0 bridgehead atoms.